The lowest BCUT2D eigenvalue weighted by Gasteiger charge is -2.07. The van der Waals surface area contributed by atoms with Crippen LogP contribution in [0.25, 0.3) is 0 Å². The average molecular weight is 440 g/mol. The van der Waals surface area contributed by atoms with Crippen molar-refractivity contribution in [3.8, 4) is 5.75 Å². The number of amides is 2. The van der Waals surface area contributed by atoms with Crippen LogP contribution >= 0.6 is 11.8 Å². The first-order valence-corrected chi connectivity index (χ1v) is 10.7. The molecule has 0 saturated carbocycles. The van der Waals surface area contributed by atoms with Gasteiger partial charge in [0.05, 0.1) is 25.8 Å². The molecule has 1 aromatic heterocycles. The van der Waals surface area contributed by atoms with Crippen molar-refractivity contribution in [2.75, 3.05) is 18.2 Å². The minimum absolute atomic E-state index is 0.111. The average Bonchev–Trinajstić information content (AvgIpc) is 3.11. The first-order chi connectivity index (χ1) is 14.9. The van der Waals surface area contributed by atoms with Gasteiger partial charge in [0.2, 0.25) is 11.8 Å². The molecule has 0 atom stereocenters. The van der Waals surface area contributed by atoms with E-state index in [0.717, 1.165) is 22.6 Å². The molecule has 0 spiro atoms. The monoisotopic (exact) mass is 439 g/mol. The second-order valence-corrected chi connectivity index (χ2v) is 7.91. The molecule has 0 saturated heterocycles. The number of benzene rings is 2. The Labute approximate surface area is 185 Å². The molecule has 0 fully saturated rings. The number of rotatable bonds is 9. The summed E-state index contributed by atoms with van der Waals surface area (Å²) in [5.41, 5.74) is 2.74. The van der Waals surface area contributed by atoms with E-state index in [1.54, 1.807) is 11.7 Å². The van der Waals surface area contributed by atoms with Crippen molar-refractivity contribution >= 4 is 29.3 Å². The van der Waals surface area contributed by atoms with Crippen LogP contribution < -0.4 is 15.4 Å². The van der Waals surface area contributed by atoms with Gasteiger partial charge in [-0.1, -0.05) is 36.0 Å². The zero-order chi connectivity index (χ0) is 22.2. The first-order valence-electron chi connectivity index (χ1n) is 9.72. The second-order valence-electron chi connectivity index (χ2n) is 6.97. The molecule has 3 aromatic rings. The van der Waals surface area contributed by atoms with Crippen LogP contribution in [-0.2, 0) is 29.6 Å². The van der Waals surface area contributed by atoms with Crippen molar-refractivity contribution in [1.29, 1.82) is 0 Å². The van der Waals surface area contributed by atoms with Crippen LogP contribution in [0.4, 0.5) is 5.69 Å². The molecular formula is C22H25N5O3S. The maximum atomic E-state index is 12.2. The highest BCUT2D eigenvalue weighted by Gasteiger charge is 2.13. The molecule has 0 radical (unpaired) electrons. The third kappa shape index (κ3) is 6.58. The Bertz CT molecular complexity index is 1050. The zero-order valence-electron chi connectivity index (χ0n) is 17.7. The van der Waals surface area contributed by atoms with E-state index >= 15 is 0 Å². The number of carbonyl (C=O) groups excluding carboxylic acids is 2. The van der Waals surface area contributed by atoms with Crippen molar-refractivity contribution in [1.82, 2.24) is 20.1 Å². The number of nitrogens with zero attached hydrogens (tertiary/aromatic N) is 3. The Morgan fingerprint density at radius 3 is 2.58 bits per heavy atom. The molecule has 162 valence electrons. The predicted octanol–water partition coefficient (Wildman–Crippen LogP) is 2.72. The summed E-state index contributed by atoms with van der Waals surface area (Å²) in [6, 6.07) is 15.0. The highest BCUT2D eigenvalue weighted by Crippen LogP contribution is 2.17. The summed E-state index contributed by atoms with van der Waals surface area (Å²) in [5.74, 6) is 1.35. The van der Waals surface area contributed by atoms with Gasteiger partial charge in [-0.3, -0.25) is 9.59 Å². The van der Waals surface area contributed by atoms with Crippen LogP contribution in [-0.4, -0.2) is 39.4 Å². The number of aryl methyl sites for hydroxylation is 1. The van der Waals surface area contributed by atoms with Gasteiger partial charge in [-0.2, -0.15) is 0 Å². The van der Waals surface area contributed by atoms with Gasteiger partial charge in [0.15, 0.2) is 11.0 Å². The number of nitrogens with one attached hydrogen (secondary N) is 2. The molecule has 0 aliphatic rings. The molecule has 2 amide bonds. The van der Waals surface area contributed by atoms with E-state index in [1.165, 1.54) is 11.8 Å². The summed E-state index contributed by atoms with van der Waals surface area (Å²) in [6.45, 7) is 2.23. The van der Waals surface area contributed by atoms with E-state index in [-0.39, 0.29) is 30.5 Å². The molecule has 0 aliphatic carbocycles. The number of aromatic nitrogens is 3. The minimum atomic E-state index is -0.118. The van der Waals surface area contributed by atoms with Crippen molar-refractivity contribution in [2.24, 2.45) is 7.05 Å². The van der Waals surface area contributed by atoms with E-state index in [2.05, 4.69) is 20.8 Å². The van der Waals surface area contributed by atoms with Gasteiger partial charge in [-0.05, 0) is 42.3 Å². The highest BCUT2D eigenvalue weighted by atomic mass is 32.2. The van der Waals surface area contributed by atoms with Crippen LogP contribution in [0.3, 0.4) is 0 Å². The summed E-state index contributed by atoms with van der Waals surface area (Å²) >= 11 is 1.29. The van der Waals surface area contributed by atoms with Crippen LogP contribution in [0, 0.1) is 6.92 Å². The normalized spacial score (nSPS) is 10.5. The number of hydrogen-bond acceptors (Lipinski definition) is 6. The Morgan fingerprint density at radius 1 is 1.10 bits per heavy atom. The van der Waals surface area contributed by atoms with Crippen LogP contribution in [0.5, 0.6) is 5.75 Å². The molecule has 2 N–H and O–H groups in total. The molecular weight excluding hydrogens is 414 g/mol. The summed E-state index contributed by atoms with van der Waals surface area (Å²) < 4.78 is 6.89. The summed E-state index contributed by atoms with van der Waals surface area (Å²) in [7, 11) is 3.41. The highest BCUT2D eigenvalue weighted by molar-refractivity contribution is 7.99. The van der Waals surface area contributed by atoms with Crippen molar-refractivity contribution < 1.29 is 14.3 Å². The predicted molar refractivity (Wildman–Crippen MR) is 120 cm³/mol. The van der Waals surface area contributed by atoms with Gasteiger partial charge in [-0.15, -0.1) is 10.2 Å². The summed E-state index contributed by atoms with van der Waals surface area (Å²) in [6.07, 6.45) is 0.266. The van der Waals surface area contributed by atoms with Gasteiger partial charge in [0.25, 0.3) is 0 Å². The second kappa shape index (κ2) is 10.6. The number of anilines is 1. The molecule has 0 unspecified atom stereocenters. The minimum Gasteiger partial charge on any atom is -0.497 e. The van der Waals surface area contributed by atoms with Crippen molar-refractivity contribution in [3.63, 3.8) is 0 Å². The Hall–Kier alpha value is -3.33. The number of methoxy groups -OCH3 is 1. The molecule has 9 heteroatoms. The third-order valence-corrected chi connectivity index (χ3v) is 5.55. The Balaban J connectivity index is 1.46. The van der Waals surface area contributed by atoms with E-state index in [1.807, 2.05) is 62.5 Å². The largest absolute Gasteiger partial charge is 0.497 e. The topological polar surface area (TPSA) is 98.1 Å². The lowest BCUT2D eigenvalue weighted by atomic mass is 10.1. The maximum absolute atomic E-state index is 12.2. The number of ether oxygens (including phenoxy) is 1. The van der Waals surface area contributed by atoms with Gasteiger partial charge < -0.3 is 19.9 Å². The maximum Gasteiger partial charge on any atom is 0.234 e. The fourth-order valence-electron chi connectivity index (χ4n) is 2.84. The molecule has 2 aromatic carbocycles. The van der Waals surface area contributed by atoms with Gasteiger partial charge in [-0.25, -0.2) is 0 Å². The van der Waals surface area contributed by atoms with E-state index in [0.29, 0.717) is 11.0 Å². The SMILES string of the molecule is COc1ccc(CC(=O)NCc2nnc(SCC(=O)Nc3cccc(C)c3)n2C)cc1. The summed E-state index contributed by atoms with van der Waals surface area (Å²) in [4.78, 5) is 24.4. The molecule has 31 heavy (non-hydrogen) atoms. The van der Waals surface area contributed by atoms with Gasteiger partial charge in [0, 0.05) is 12.7 Å². The van der Waals surface area contributed by atoms with Gasteiger partial charge >= 0.3 is 0 Å². The first kappa shape index (κ1) is 22.4. The van der Waals surface area contributed by atoms with Crippen molar-refractivity contribution in [2.45, 2.75) is 25.0 Å². The Kier molecular flexibility index (Phi) is 7.66. The molecule has 8 nitrogen and oxygen atoms in total. The number of thioether (sulfide) groups is 1. The van der Waals surface area contributed by atoms with E-state index < -0.39 is 0 Å². The fraction of sp³-hybridized carbons (Fsp3) is 0.273. The summed E-state index contributed by atoms with van der Waals surface area (Å²) in [5, 5.41) is 14.6. The van der Waals surface area contributed by atoms with Crippen molar-refractivity contribution in [3.05, 3.63) is 65.5 Å². The third-order valence-electron chi connectivity index (χ3n) is 4.53. The standard InChI is InChI=1S/C22H25N5O3S/c1-15-5-4-6-17(11-15)24-21(29)14-31-22-26-25-19(27(22)2)13-23-20(28)12-16-7-9-18(30-3)10-8-16/h4-11H,12-14H2,1-3H3,(H,23,28)(H,24,29). The quantitative estimate of drug-likeness (QED) is 0.498. The smallest absolute Gasteiger partial charge is 0.234 e. The van der Waals surface area contributed by atoms with Crippen LogP contribution in [0.1, 0.15) is 17.0 Å². The number of carbonyl (C=O) groups is 2. The lowest BCUT2D eigenvalue weighted by Crippen LogP contribution is -2.26. The van der Waals surface area contributed by atoms with Gasteiger partial charge in [0.1, 0.15) is 5.75 Å². The zero-order valence-corrected chi connectivity index (χ0v) is 18.5. The molecule has 3 rings (SSSR count). The lowest BCUT2D eigenvalue weighted by molar-refractivity contribution is -0.120. The molecule has 0 bridgehead atoms. The van der Waals surface area contributed by atoms with E-state index in [4.69, 9.17) is 4.74 Å². The van der Waals surface area contributed by atoms with Crippen LogP contribution in [0.2, 0.25) is 0 Å². The number of hydrogen-bond donors (Lipinski definition) is 2. The Morgan fingerprint density at radius 2 is 1.87 bits per heavy atom. The van der Waals surface area contributed by atoms with Crippen LogP contribution in [0.15, 0.2) is 53.7 Å². The molecule has 0 aliphatic heterocycles. The van der Waals surface area contributed by atoms with E-state index in [9.17, 15) is 9.59 Å². The fourth-order valence-corrected chi connectivity index (χ4v) is 3.57. The molecule has 1 heterocycles.